The fraction of sp³-hybridized carbons (Fsp3) is 0.400. The summed E-state index contributed by atoms with van der Waals surface area (Å²) in [4.78, 5) is 13.8. The smallest absolute Gasteiger partial charge is 0.391 e. The normalized spacial score (nSPS) is 21.7. The predicted molar refractivity (Wildman–Crippen MR) is 76.7 cm³/mol. The molecule has 5 nitrogen and oxygen atoms in total. The van der Waals surface area contributed by atoms with Crippen LogP contribution in [-0.4, -0.2) is 39.3 Å². The summed E-state index contributed by atoms with van der Waals surface area (Å²) in [6.45, 7) is 0.672. The largest absolute Gasteiger partial charge is 0.416 e. The van der Waals surface area contributed by atoms with Crippen molar-refractivity contribution in [2.75, 3.05) is 18.0 Å². The summed E-state index contributed by atoms with van der Waals surface area (Å²) in [7, 11) is 0. The molecule has 1 aliphatic heterocycles. The molecule has 0 amide bonds. The lowest BCUT2D eigenvalue weighted by Crippen LogP contribution is -2.22. The van der Waals surface area contributed by atoms with Gasteiger partial charge < -0.3 is 10.0 Å². The van der Waals surface area contributed by atoms with E-state index < -0.39 is 17.8 Å². The summed E-state index contributed by atoms with van der Waals surface area (Å²) in [5.41, 5.74) is 0.00441. The molecule has 0 bridgehead atoms. The van der Waals surface area contributed by atoms with Gasteiger partial charge in [-0.1, -0.05) is 0 Å². The second-order valence-corrected chi connectivity index (χ2v) is 5.53. The van der Waals surface area contributed by atoms with Crippen LogP contribution in [0.1, 0.15) is 11.3 Å². The Labute approximate surface area is 130 Å². The Morgan fingerprint density at radius 2 is 2.00 bits per heavy atom. The third-order valence-corrected chi connectivity index (χ3v) is 3.89. The minimum atomic E-state index is -4.41. The second kappa shape index (κ2) is 6.11. The number of nitrogens with zero attached hydrogens (tertiary/aromatic N) is 4. The lowest BCUT2D eigenvalue weighted by atomic mass is 10.0. The lowest BCUT2D eigenvalue weighted by Gasteiger charge is -2.18. The maximum Gasteiger partial charge on any atom is 0.416 e. The van der Waals surface area contributed by atoms with Gasteiger partial charge in [-0.15, -0.1) is 0 Å². The van der Waals surface area contributed by atoms with Gasteiger partial charge in [0.25, 0.3) is 0 Å². The van der Waals surface area contributed by atoms with E-state index in [9.17, 15) is 18.3 Å². The average molecular weight is 324 g/mol. The van der Waals surface area contributed by atoms with Crippen LogP contribution in [0, 0.1) is 5.92 Å². The van der Waals surface area contributed by atoms with Crippen LogP contribution >= 0.6 is 0 Å². The van der Waals surface area contributed by atoms with Crippen LogP contribution in [0.3, 0.4) is 0 Å². The van der Waals surface area contributed by atoms with E-state index in [0.29, 0.717) is 13.0 Å². The van der Waals surface area contributed by atoms with Gasteiger partial charge in [0.1, 0.15) is 5.82 Å². The van der Waals surface area contributed by atoms with E-state index >= 15 is 0 Å². The first-order valence-electron chi connectivity index (χ1n) is 7.14. The Morgan fingerprint density at radius 3 is 2.70 bits per heavy atom. The number of aliphatic hydroxyl groups excluding tert-OH is 1. The van der Waals surface area contributed by atoms with Gasteiger partial charge in [0.05, 0.1) is 17.4 Å². The summed E-state index contributed by atoms with van der Waals surface area (Å²) in [6, 6.07) is 1.95. The van der Waals surface area contributed by atoms with Crippen LogP contribution in [0.5, 0.6) is 0 Å². The highest BCUT2D eigenvalue weighted by molar-refractivity contribution is 5.43. The van der Waals surface area contributed by atoms with Gasteiger partial charge in [0.2, 0.25) is 0 Å². The number of hydrogen-bond acceptors (Lipinski definition) is 5. The van der Waals surface area contributed by atoms with Crippen molar-refractivity contribution >= 4 is 5.82 Å². The van der Waals surface area contributed by atoms with E-state index in [4.69, 9.17) is 0 Å². The molecule has 1 aliphatic rings. The Morgan fingerprint density at radius 1 is 1.17 bits per heavy atom. The fourth-order valence-electron chi connectivity index (χ4n) is 2.71. The van der Waals surface area contributed by atoms with Gasteiger partial charge >= 0.3 is 6.18 Å². The maximum atomic E-state index is 12.8. The van der Waals surface area contributed by atoms with Gasteiger partial charge in [-0.25, -0.2) is 4.98 Å². The predicted octanol–water partition coefficient (Wildman–Crippen LogP) is 1.93. The standard InChI is InChI=1S/C15H15F3N4O/c16-15(17,18)11-1-2-21-14(6-11)22-8-10(13(23)9-22)5-12-7-19-3-4-20-12/h1-4,6-7,10,13,23H,5,8-9H2/t10-,13-/m1/s1. The van der Waals surface area contributed by atoms with Crippen LogP contribution < -0.4 is 4.90 Å². The monoisotopic (exact) mass is 324 g/mol. The number of rotatable bonds is 3. The third-order valence-electron chi connectivity index (χ3n) is 3.89. The Bertz CT molecular complexity index is 665. The summed E-state index contributed by atoms with van der Waals surface area (Å²) < 4.78 is 38.4. The number of alkyl halides is 3. The van der Waals surface area contributed by atoms with Gasteiger partial charge in [-0.05, 0) is 18.6 Å². The maximum absolute atomic E-state index is 12.8. The minimum Gasteiger partial charge on any atom is -0.391 e. The van der Waals surface area contributed by atoms with E-state index in [0.717, 1.165) is 24.0 Å². The molecule has 2 atom stereocenters. The number of hydrogen-bond donors (Lipinski definition) is 1. The molecule has 8 heteroatoms. The first kappa shape index (κ1) is 15.7. The third kappa shape index (κ3) is 3.58. The summed E-state index contributed by atoms with van der Waals surface area (Å²) in [5, 5.41) is 10.2. The highest BCUT2D eigenvalue weighted by Crippen LogP contribution is 2.32. The number of aliphatic hydroxyl groups is 1. The van der Waals surface area contributed by atoms with Crippen LogP contribution in [-0.2, 0) is 12.6 Å². The van der Waals surface area contributed by atoms with Gasteiger partial charge in [-0.2, -0.15) is 13.2 Å². The Balaban J connectivity index is 1.73. The van der Waals surface area contributed by atoms with Gasteiger partial charge in [0.15, 0.2) is 0 Å². The minimum absolute atomic E-state index is 0.122. The molecule has 1 N–H and O–H groups in total. The molecule has 1 saturated heterocycles. The van der Waals surface area contributed by atoms with Crippen molar-refractivity contribution in [1.82, 2.24) is 15.0 Å². The highest BCUT2D eigenvalue weighted by Gasteiger charge is 2.35. The Kier molecular flexibility index (Phi) is 4.16. The first-order chi connectivity index (χ1) is 10.9. The average Bonchev–Trinajstić information content (AvgIpc) is 2.89. The van der Waals surface area contributed by atoms with Crippen molar-refractivity contribution in [2.45, 2.75) is 18.7 Å². The molecule has 0 unspecified atom stereocenters. The van der Waals surface area contributed by atoms with E-state index in [2.05, 4.69) is 15.0 Å². The number of pyridine rings is 1. The highest BCUT2D eigenvalue weighted by atomic mass is 19.4. The molecule has 0 aliphatic carbocycles. The van der Waals surface area contributed by atoms with E-state index in [1.54, 1.807) is 23.5 Å². The van der Waals surface area contributed by atoms with Crippen molar-refractivity contribution in [1.29, 1.82) is 0 Å². The molecule has 23 heavy (non-hydrogen) atoms. The Hall–Kier alpha value is -2.22. The van der Waals surface area contributed by atoms with Crippen molar-refractivity contribution in [3.8, 4) is 0 Å². The summed E-state index contributed by atoms with van der Waals surface area (Å²) in [6.07, 6.45) is 1.36. The summed E-state index contributed by atoms with van der Waals surface area (Å²) in [5.74, 6) is 0.101. The van der Waals surface area contributed by atoms with Crippen molar-refractivity contribution in [3.63, 3.8) is 0 Å². The molecule has 0 spiro atoms. The first-order valence-corrected chi connectivity index (χ1v) is 7.14. The molecular weight excluding hydrogens is 309 g/mol. The van der Waals surface area contributed by atoms with E-state index in [1.165, 1.54) is 0 Å². The molecule has 2 aromatic heterocycles. The zero-order valence-electron chi connectivity index (χ0n) is 12.1. The molecule has 2 aromatic rings. The molecule has 1 fully saturated rings. The zero-order valence-corrected chi connectivity index (χ0v) is 12.1. The molecule has 0 saturated carbocycles. The fourth-order valence-corrected chi connectivity index (χ4v) is 2.71. The molecule has 122 valence electrons. The molecular formula is C15H15F3N4O. The zero-order chi connectivity index (χ0) is 16.4. The number of anilines is 1. The van der Waals surface area contributed by atoms with E-state index in [-0.39, 0.29) is 18.3 Å². The quantitative estimate of drug-likeness (QED) is 0.935. The topological polar surface area (TPSA) is 62.1 Å². The van der Waals surface area contributed by atoms with Crippen molar-refractivity contribution < 1.29 is 18.3 Å². The SMILES string of the molecule is O[C@@H]1CN(c2cc(C(F)(F)F)ccn2)C[C@H]1Cc1cnccn1. The van der Waals surface area contributed by atoms with Crippen molar-refractivity contribution in [2.24, 2.45) is 5.92 Å². The molecule has 3 rings (SSSR count). The van der Waals surface area contributed by atoms with E-state index in [1.807, 2.05) is 0 Å². The number of aromatic nitrogens is 3. The molecule has 3 heterocycles. The lowest BCUT2D eigenvalue weighted by molar-refractivity contribution is -0.137. The number of β-amino-alcohol motifs (C(OH)–C–C–N with tert-alkyl or cyclic N) is 1. The van der Waals surface area contributed by atoms with Crippen LogP contribution in [0.4, 0.5) is 19.0 Å². The van der Waals surface area contributed by atoms with Crippen LogP contribution in [0.2, 0.25) is 0 Å². The molecule has 0 radical (unpaired) electrons. The number of halogens is 3. The van der Waals surface area contributed by atoms with Gasteiger partial charge in [-0.3, -0.25) is 9.97 Å². The summed E-state index contributed by atoms with van der Waals surface area (Å²) >= 11 is 0. The second-order valence-electron chi connectivity index (χ2n) is 5.53. The van der Waals surface area contributed by atoms with Crippen LogP contribution in [0.25, 0.3) is 0 Å². The van der Waals surface area contributed by atoms with Gasteiger partial charge in [0, 0.05) is 43.8 Å². The van der Waals surface area contributed by atoms with Crippen molar-refractivity contribution in [3.05, 3.63) is 48.2 Å². The van der Waals surface area contributed by atoms with Crippen LogP contribution in [0.15, 0.2) is 36.9 Å². The molecule has 0 aromatic carbocycles.